The van der Waals surface area contributed by atoms with Gasteiger partial charge in [0.05, 0.1) is 5.69 Å². The van der Waals surface area contributed by atoms with Gasteiger partial charge in [0.1, 0.15) is 11.9 Å². The number of pyridine rings is 1. The Balaban J connectivity index is 1.45. The number of urea groups is 1. The highest BCUT2D eigenvalue weighted by molar-refractivity contribution is 5.95. The zero-order valence-corrected chi connectivity index (χ0v) is 22.8. The molecule has 0 spiro atoms. The van der Waals surface area contributed by atoms with Crippen molar-refractivity contribution in [2.75, 3.05) is 41.3 Å². The number of hydrogen-bond donors (Lipinski definition) is 2. The zero-order valence-electron chi connectivity index (χ0n) is 22.8. The van der Waals surface area contributed by atoms with E-state index in [0.717, 1.165) is 30.0 Å². The number of benzene rings is 2. The minimum atomic E-state index is -0.426. The number of aromatic nitrogens is 1. The number of nitrogens with two attached hydrogens (primary N) is 1. The summed E-state index contributed by atoms with van der Waals surface area (Å²) in [7, 11) is 0. The molecule has 1 atom stereocenters. The van der Waals surface area contributed by atoms with Crippen LogP contribution in [0.2, 0.25) is 0 Å². The lowest BCUT2D eigenvalue weighted by atomic mass is 10.0. The molecule has 1 aromatic heterocycles. The van der Waals surface area contributed by atoms with Crippen LogP contribution in [0.1, 0.15) is 31.1 Å². The Labute approximate surface area is 230 Å². The van der Waals surface area contributed by atoms with Crippen LogP contribution in [0.25, 0.3) is 0 Å². The standard InChI is InChI=1S/C30H37N7O2/c1-5-36(30(39)37(31)22(2)3)26-16-14-25(15-17-26)34-18-20-35(21-19-34)28(24-11-7-6-8-12-24)29(38)33-27-13-9-10-23(4)32-27/h5-17,22,28H,1,18-21,31H2,2-4H3,(H,32,33,38). The molecule has 1 unspecified atom stereocenters. The van der Waals surface area contributed by atoms with Gasteiger partial charge < -0.3 is 10.2 Å². The Morgan fingerprint density at radius 2 is 1.64 bits per heavy atom. The van der Waals surface area contributed by atoms with Gasteiger partial charge in [0, 0.05) is 49.8 Å². The van der Waals surface area contributed by atoms with E-state index in [1.165, 1.54) is 16.1 Å². The van der Waals surface area contributed by atoms with Gasteiger partial charge in [-0.2, -0.15) is 0 Å². The predicted octanol–water partition coefficient (Wildman–Crippen LogP) is 4.55. The summed E-state index contributed by atoms with van der Waals surface area (Å²) in [5.74, 6) is 6.38. The van der Waals surface area contributed by atoms with Crippen LogP contribution in [0.5, 0.6) is 0 Å². The van der Waals surface area contributed by atoms with Crippen LogP contribution in [0, 0.1) is 6.92 Å². The average Bonchev–Trinajstić information content (AvgIpc) is 2.94. The number of carbonyl (C=O) groups excluding carboxylic acids is 2. The van der Waals surface area contributed by atoms with E-state index in [0.29, 0.717) is 24.6 Å². The maximum absolute atomic E-state index is 13.5. The van der Waals surface area contributed by atoms with Gasteiger partial charge in [0.25, 0.3) is 0 Å². The fourth-order valence-corrected chi connectivity index (χ4v) is 4.67. The van der Waals surface area contributed by atoms with Crippen molar-refractivity contribution in [1.82, 2.24) is 14.9 Å². The van der Waals surface area contributed by atoms with Crippen molar-refractivity contribution in [2.45, 2.75) is 32.9 Å². The maximum atomic E-state index is 13.5. The monoisotopic (exact) mass is 527 g/mol. The molecule has 4 rings (SSSR count). The van der Waals surface area contributed by atoms with Crippen molar-refractivity contribution >= 4 is 29.1 Å². The summed E-state index contributed by atoms with van der Waals surface area (Å²) >= 11 is 0. The van der Waals surface area contributed by atoms with Crippen molar-refractivity contribution < 1.29 is 9.59 Å². The van der Waals surface area contributed by atoms with Crippen molar-refractivity contribution in [3.63, 3.8) is 0 Å². The van der Waals surface area contributed by atoms with Crippen LogP contribution < -0.4 is 21.0 Å². The molecule has 1 aliphatic rings. The van der Waals surface area contributed by atoms with E-state index in [1.54, 1.807) is 0 Å². The molecular formula is C30H37N7O2. The number of nitrogens with one attached hydrogen (secondary N) is 1. The highest BCUT2D eigenvalue weighted by Gasteiger charge is 2.31. The summed E-state index contributed by atoms with van der Waals surface area (Å²) in [5.41, 5.74) is 3.54. The van der Waals surface area contributed by atoms with Gasteiger partial charge in [0.15, 0.2) is 0 Å². The predicted molar refractivity (Wildman–Crippen MR) is 156 cm³/mol. The number of aryl methyl sites for hydroxylation is 1. The van der Waals surface area contributed by atoms with Crippen molar-refractivity contribution in [3.05, 3.63) is 96.8 Å². The molecule has 0 aliphatic carbocycles. The molecule has 1 saturated heterocycles. The van der Waals surface area contributed by atoms with E-state index < -0.39 is 6.04 Å². The number of hydrogen-bond acceptors (Lipinski definition) is 6. The number of hydrazine groups is 1. The Hall–Kier alpha value is -4.21. The maximum Gasteiger partial charge on any atom is 0.342 e. The van der Waals surface area contributed by atoms with E-state index in [1.807, 2.05) is 93.6 Å². The number of amides is 3. The second kappa shape index (κ2) is 12.6. The van der Waals surface area contributed by atoms with Crippen molar-refractivity contribution in [1.29, 1.82) is 0 Å². The third kappa shape index (κ3) is 6.63. The molecular weight excluding hydrogens is 490 g/mol. The number of piperazine rings is 1. The van der Waals surface area contributed by atoms with Crippen LogP contribution >= 0.6 is 0 Å². The van der Waals surface area contributed by atoms with Crippen LogP contribution in [0.4, 0.5) is 22.0 Å². The Morgan fingerprint density at radius 1 is 0.974 bits per heavy atom. The first-order valence-electron chi connectivity index (χ1n) is 13.2. The van der Waals surface area contributed by atoms with Gasteiger partial charge in [-0.1, -0.05) is 43.0 Å². The molecule has 9 nitrogen and oxygen atoms in total. The largest absolute Gasteiger partial charge is 0.369 e. The first kappa shape index (κ1) is 27.8. The summed E-state index contributed by atoms with van der Waals surface area (Å²) in [4.78, 5) is 36.6. The molecule has 0 bridgehead atoms. The molecule has 39 heavy (non-hydrogen) atoms. The second-order valence-electron chi connectivity index (χ2n) is 9.84. The van der Waals surface area contributed by atoms with E-state index in [-0.39, 0.29) is 18.0 Å². The van der Waals surface area contributed by atoms with Gasteiger partial charge in [-0.3, -0.25) is 19.6 Å². The number of nitrogens with zero attached hydrogens (tertiary/aromatic N) is 5. The molecule has 9 heteroatoms. The fourth-order valence-electron chi connectivity index (χ4n) is 4.67. The zero-order chi connectivity index (χ0) is 27.9. The molecule has 3 amide bonds. The van der Waals surface area contributed by atoms with Crippen LogP contribution in [0.15, 0.2) is 85.6 Å². The topological polar surface area (TPSA) is 98.0 Å². The van der Waals surface area contributed by atoms with Gasteiger partial charge in [-0.05, 0) is 62.7 Å². The van der Waals surface area contributed by atoms with Crippen LogP contribution in [-0.2, 0) is 4.79 Å². The Bertz CT molecular complexity index is 1270. The number of rotatable bonds is 8. The minimum Gasteiger partial charge on any atom is -0.369 e. The van der Waals surface area contributed by atoms with Gasteiger partial charge in [-0.25, -0.2) is 15.6 Å². The van der Waals surface area contributed by atoms with E-state index >= 15 is 0 Å². The Kier molecular flexibility index (Phi) is 8.96. The summed E-state index contributed by atoms with van der Waals surface area (Å²) in [6.07, 6.45) is 1.47. The normalized spacial score (nSPS) is 14.5. The summed E-state index contributed by atoms with van der Waals surface area (Å²) in [5, 5.41) is 4.19. The summed E-state index contributed by atoms with van der Waals surface area (Å²) in [6.45, 7) is 12.3. The molecule has 204 valence electrons. The van der Waals surface area contributed by atoms with Crippen molar-refractivity contribution in [2.24, 2.45) is 5.84 Å². The fraction of sp³-hybridized carbons (Fsp3) is 0.300. The van der Waals surface area contributed by atoms with Gasteiger partial charge in [0.2, 0.25) is 5.91 Å². The molecule has 0 radical (unpaired) electrons. The first-order valence-corrected chi connectivity index (χ1v) is 13.2. The quantitative estimate of drug-likeness (QED) is 0.254. The minimum absolute atomic E-state index is 0.0957. The lowest BCUT2D eigenvalue weighted by Crippen LogP contribution is -2.50. The third-order valence-electron chi connectivity index (χ3n) is 6.84. The highest BCUT2D eigenvalue weighted by atomic mass is 16.2. The van der Waals surface area contributed by atoms with Crippen LogP contribution in [-0.4, -0.2) is 59.1 Å². The Morgan fingerprint density at radius 3 is 2.23 bits per heavy atom. The van der Waals surface area contributed by atoms with E-state index in [4.69, 9.17) is 5.84 Å². The molecule has 1 fully saturated rings. The lowest BCUT2D eigenvalue weighted by Gasteiger charge is -2.39. The highest BCUT2D eigenvalue weighted by Crippen LogP contribution is 2.27. The summed E-state index contributed by atoms with van der Waals surface area (Å²) in [6, 6.07) is 22.3. The molecule has 0 saturated carbocycles. The lowest BCUT2D eigenvalue weighted by molar-refractivity contribution is -0.121. The van der Waals surface area contributed by atoms with Gasteiger partial charge in [-0.15, -0.1) is 0 Å². The summed E-state index contributed by atoms with van der Waals surface area (Å²) < 4.78 is 0. The smallest absolute Gasteiger partial charge is 0.342 e. The second-order valence-corrected chi connectivity index (χ2v) is 9.84. The van der Waals surface area contributed by atoms with Gasteiger partial charge >= 0.3 is 6.03 Å². The average molecular weight is 528 g/mol. The molecule has 1 aliphatic heterocycles. The van der Waals surface area contributed by atoms with Crippen LogP contribution in [0.3, 0.4) is 0 Å². The van der Waals surface area contributed by atoms with E-state index in [2.05, 4.69) is 26.7 Å². The molecule has 3 N–H and O–H groups in total. The number of carbonyl (C=O) groups is 2. The SMILES string of the molecule is C=CN(C(=O)N(N)C(C)C)c1ccc(N2CCN(C(C(=O)Nc3cccc(C)n3)c3ccccc3)CC2)cc1. The van der Waals surface area contributed by atoms with E-state index in [9.17, 15) is 9.59 Å². The molecule has 2 heterocycles. The molecule has 3 aromatic rings. The first-order chi connectivity index (χ1) is 18.8. The molecule has 2 aromatic carbocycles. The van der Waals surface area contributed by atoms with Crippen molar-refractivity contribution in [3.8, 4) is 0 Å². The number of anilines is 3. The third-order valence-corrected chi connectivity index (χ3v) is 6.84.